The number of amides is 1. The molecule has 0 bridgehead atoms. The van der Waals surface area contributed by atoms with Crippen molar-refractivity contribution in [1.29, 1.82) is 0 Å². The number of esters is 1. The number of hydrogen-bond acceptors (Lipinski definition) is 6. The minimum Gasteiger partial charge on any atom is -0.468 e. The number of anilines is 1. The summed E-state index contributed by atoms with van der Waals surface area (Å²) < 4.78 is 4.56. The van der Waals surface area contributed by atoms with E-state index in [4.69, 9.17) is 0 Å². The van der Waals surface area contributed by atoms with E-state index >= 15 is 0 Å². The van der Waals surface area contributed by atoms with Gasteiger partial charge < -0.3 is 4.74 Å². The number of hydrogen-bond donors (Lipinski definition) is 2. The molecule has 0 saturated carbocycles. The lowest BCUT2D eigenvalue weighted by atomic mass is 10.4. The van der Waals surface area contributed by atoms with Crippen molar-refractivity contribution in [1.82, 2.24) is 15.3 Å². The first-order valence-electron chi connectivity index (χ1n) is 5.90. The number of nitrogens with zero attached hydrogens (tertiary/aromatic N) is 2. The number of methoxy groups -OCH3 is 1. The van der Waals surface area contributed by atoms with Gasteiger partial charge in [-0.15, -0.1) is 0 Å². The van der Waals surface area contributed by atoms with Gasteiger partial charge in [0.25, 0.3) is 5.91 Å². The van der Waals surface area contributed by atoms with E-state index in [1.165, 1.54) is 7.11 Å². The van der Waals surface area contributed by atoms with Crippen LogP contribution in [0.5, 0.6) is 0 Å². The Kier molecular flexibility index (Phi) is 6.31. The molecule has 0 aliphatic carbocycles. The van der Waals surface area contributed by atoms with E-state index < -0.39 is 0 Å². The minimum atomic E-state index is -0.368. The summed E-state index contributed by atoms with van der Waals surface area (Å²) in [5, 5.41) is 0. The largest absolute Gasteiger partial charge is 0.468 e. The lowest BCUT2D eigenvalue weighted by molar-refractivity contribution is -0.142. The van der Waals surface area contributed by atoms with E-state index in [-0.39, 0.29) is 25.0 Å². The summed E-state index contributed by atoms with van der Waals surface area (Å²) >= 11 is 0. The van der Waals surface area contributed by atoms with Crippen LogP contribution >= 0.6 is 0 Å². The van der Waals surface area contributed by atoms with E-state index in [0.717, 1.165) is 0 Å². The molecule has 7 heteroatoms. The number of nitrogens with one attached hydrogen (secondary N) is 2. The molecule has 0 aromatic carbocycles. The first-order chi connectivity index (χ1) is 9.15. The van der Waals surface area contributed by atoms with Gasteiger partial charge in [-0.25, -0.2) is 4.98 Å². The first-order valence-corrected chi connectivity index (χ1v) is 5.90. The number of hydrazine groups is 1. The van der Waals surface area contributed by atoms with E-state index in [0.29, 0.717) is 12.4 Å². The zero-order chi connectivity index (χ0) is 14.1. The molecule has 0 fully saturated rings. The lowest BCUT2D eigenvalue weighted by Gasteiger charge is -2.18. The second kappa shape index (κ2) is 8.04. The molecule has 0 saturated heterocycles. The van der Waals surface area contributed by atoms with Crippen LogP contribution < -0.4 is 10.9 Å². The topological polar surface area (TPSA) is 83.6 Å². The number of rotatable bonds is 7. The van der Waals surface area contributed by atoms with Crippen LogP contribution in [0.25, 0.3) is 0 Å². The molecule has 0 radical (unpaired) electrons. The third-order valence-electron chi connectivity index (χ3n) is 2.39. The van der Waals surface area contributed by atoms with Crippen molar-refractivity contribution in [2.75, 3.05) is 32.2 Å². The average molecular weight is 266 g/mol. The third kappa shape index (κ3) is 5.82. The number of aromatic nitrogens is 1. The van der Waals surface area contributed by atoms with Crippen molar-refractivity contribution in [2.24, 2.45) is 0 Å². The fourth-order valence-corrected chi connectivity index (χ4v) is 1.34. The van der Waals surface area contributed by atoms with Gasteiger partial charge in [0.05, 0.1) is 20.2 Å². The Hall–Kier alpha value is -2.15. The normalized spacial score (nSPS) is 10.1. The summed E-state index contributed by atoms with van der Waals surface area (Å²) in [6.45, 7) is 2.63. The molecular formula is C12H18N4O3. The molecule has 1 amide bonds. The molecule has 1 rings (SSSR count). The number of carbonyl (C=O) groups excluding carboxylic acids is 2. The maximum Gasteiger partial charge on any atom is 0.319 e. The minimum absolute atomic E-state index is 0.0873. The molecule has 7 nitrogen and oxygen atoms in total. The van der Waals surface area contributed by atoms with Gasteiger partial charge in [-0.3, -0.25) is 25.3 Å². The zero-order valence-electron chi connectivity index (χ0n) is 11.0. The Balaban J connectivity index is 2.35. The molecule has 0 atom stereocenters. The summed E-state index contributed by atoms with van der Waals surface area (Å²) in [4.78, 5) is 28.4. The van der Waals surface area contributed by atoms with Gasteiger partial charge in [0.15, 0.2) is 0 Å². The van der Waals surface area contributed by atoms with Crippen LogP contribution in [-0.4, -0.2) is 48.5 Å². The highest BCUT2D eigenvalue weighted by Gasteiger charge is 2.12. The van der Waals surface area contributed by atoms with Crippen LogP contribution in [0.1, 0.15) is 6.92 Å². The number of pyridine rings is 1. The average Bonchev–Trinajstić information content (AvgIpc) is 2.45. The quantitative estimate of drug-likeness (QED) is 0.535. The summed E-state index contributed by atoms with van der Waals surface area (Å²) in [5.41, 5.74) is 5.20. The zero-order valence-corrected chi connectivity index (χ0v) is 11.0. The third-order valence-corrected chi connectivity index (χ3v) is 2.39. The highest BCUT2D eigenvalue weighted by molar-refractivity contribution is 5.80. The predicted octanol–water partition coefficient (Wildman–Crippen LogP) is 0.0196. The summed E-state index contributed by atoms with van der Waals surface area (Å²) in [7, 11) is 1.32. The molecular weight excluding hydrogens is 248 g/mol. The van der Waals surface area contributed by atoms with Crippen LogP contribution in [0.2, 0.25) is 0 Å². The highest BCUT2D eigenvalue weighted by atomic mass is 16.5. The Morgan fingerprint density at radius 3 is 2.74 bits per heavy atom. The molecule has 1 aromatic rings. The lowest BCUT2D eigenvalue weighted by Crippen LogP contribution is -2.41. The first kappa shape index (κ1) is 14.9. The van der Waals surface area contributed by atoms with Crippen molar-refractivity contribution in [2.45, 2.75) is 6.92 Å². The Labute approximate surface area is 111 Å². The standard InChI is InChI=1S/C12H18N4O3/c1-3-16(9-12(18)19-2)8-11(17)15-14-10-6-4-5-7-13-10/h4-7H,3,8-9H2,1-2H3,(H,13,14)(H,15,17). The Morgan fingerprint density at radius 2 is 2.16 bits per heavy atom. The second-order valence-corrected chi connectivity index (χ2v) is 3.77. The van der Waals surface area contributed by atoms with E-state index in [1.807, 2.05) is 6.92 Å². The van der Waals surface area contributed by atoms with Gasteiger partial charge in [-0.05, 0) is 18.7 Å². The molecule has 0 spiro atoms. The van der Waals surface area contributed by atoms with Crippen LogP contribution in [0.15, 0.2) is 24.4 Å². The Morgan fingerprint density at radius 1 is 1.37 bits per heavy atom. The van der Waals surface area contributed by atoms with Gasteiger partial charge >= 0.3 is 5.97 Å². The smallest absolute Gasteiger partial charge is 0.319 e. The SMILES string of the molecule is CCN(CC(=O)NNc1ccccn1)CC(=O)OC. The van der Waals surface area contributed by atoms with E-state index in [2.05, 4.69) is 20.6 Å². The number of likely N-dealkylation sites (N-methyl/N-ethyl adjacent to an activating group) is 1. The van der Waals surface area contributed by atoms with Crippen molar-refractivity contribution in [3.63, 3.8) is 0 Å². The molecule has 0 aliphatic rings. The number of ether oxygens (including phenoxy) is 1. The van der Waals surface area contributed by atoms with Crippen molar-refractivity contribution < 1.29 is 14.3 Å². The fourth-order valence-electron chi connectivity index (χ4n) is 1.34. The van der Waals surface area contributed by atoms with Crippen LogP contribution in [-0.2, 0) is 14.3 Å². The van der Waals surface area contributed by atoms with Gasteiger partial charge in [0.2, 0.25) is 0 Å². The highest BCUT2D eigenvalue weighted by Crippen LogP contribution is 1.97. The molecule has 0 unspecified atom stereocenters. The Bertz CT molecular complexity index is 411. The predicted molar refractivity (Wildman–Crippen MR) is 70.1 cm³/mol. The molecule has 104 valence electrons. The van der Waals surface area contributed by atoms with Crippen molar-refractivity contribution in [3.05, 3.63) is 24.4 Å². The summed E-state index contributed by atoms with van der Waals surface area (Å²) in [5.74, 6) is -0.0735. The summed E-state index contributed by atoms with van der Waals surface area (Å²) in [6.07, 6.45) is 1.62. The van der Waals surface area contributed by atoms with Crippen molar-refractivity contribution >= 4 is 17.7 Å². The van der Waals surface area contributed by atoms with Gasteiger partial charge in [0.1, 0.15) is 5.82 Å². The maximum absolute atomic E-state index is 11.7. The fraction of sp³-hybridized carbons (Fsp3) is 0.417. The van der Waals surface area contributed by atoms with Crippen molar-refractivity contribution in [3.8, 4) is 0 Å². The molecule has 1 heterocycles. The summed E-state index contributed by atoms with van der Waals surface area (Å²) in [6, 6.07) is 5.31. The molecule has 2 N–H and O–H groups in total. The molecule has 19 heavy (non-hydrogen) atoms. The molecule has 1 aromatic heterocycles. The van der Waals surface area contributed by atoms with E-state index in [1.54, 1.807) is 29.3 Å². The van der Waals surface area contributed by atoms with Crippen LogP contribution in [0, 0.1) is 0 Å². The molecule has 0 aliphatic heterocycles. The van der Waals surface area contributed by atoms with Gasteiger partial charge in [0, 0.05) is 6.20 Å². The monoisotopic (exact) mass is 266 g/mol. The van der Waals surface area contributed by atoms with E-state index in [9.17, 15) is 9.59 Å². The second-order valence-electron chi connectivity index (χ2n) is 3.77. The maximum atomic E-state index is 11.7. The number of carbonyl (C=O) groups is 2. The van der Waals surface area contributed by atoms with Crippen LogP contribution in [0.4, 0.5) is 5.82 Å². The van der Waals surface area contributed by atoms with Gasteiger partial charge in [-0.2, -0.15) is 0 Å². The van der Waals surface area contributed by atoms with Crippen LogP contribution in [0.3, 0.4) is 0 Å². The van der Waals surface area contributed by atoms with Gasteiger partial charge in [-0.1, -0.05) is 13.0 Å².